The number of ketones is 1. The summed E-state index contributed by atoms with van der Waals surface area (Å²) >= 11 is 1.82. The molecule has 10 heteroatoms. The molecule has 1 aromatic rings. The standard InChI is InChI=1S/C38H57F5N2O2S/c1-34-19-16-29(46)26-28(34)25-27(15-13-11-9-7-5-4-6-8-10-12-14-24-48-33-44-22-23-45(33)3)32-30(34)17-20-35(2)31(32)18-21-36(35,47)37(39,40)38(41,42)43/h22-23,26-27,30-32,47H,4-21,24-25H2,1-3H3/t27-,30+,31+,32-,34+,35+,36+/m1/s1. The first kappa shape index (κ1) is 37.8. The molecule has 4 aliphatic carbocycles. The third-order valence-corrected chi connectivity index (χ3v) is 14.5. The maximum Gasteiger partial charge on any atom is 0.456 e. The molecule has 1 N–H and O–H groups in total. The molecule has 272 valence electrons. The van der Waals surface area contributed by atoms with Gasteiger partial charge >= 0.3 is 12.1 Å². The molecular formula is C38H57F5N2O2S. The van der Waals surface area contributed by atoms with Gasteiger partial charge in [-0.2, -0.15) is 22.0 Å². The number of aliphatic hydroxyl groups is 1. The minimum Gasteiger partial charge on any atom is -0.383 e. The van der Waals surface area contributed by atoms with Crippen molar-refractivity contribution < 1.29 is 31.9 Å². The van der Waals surface area contributed by atoms with E-state index in [1.54, 1.807) is 0 Å². The van der Waals surface area contributed by atoms with E-state index in [9.17, 15) is 23.1 Å². The van der Waals surface area contributed by atoms with E-state index in [0.717, 1.165) is 42.2 Å². The second-order valence-corrected chi connectivity index (χ2v) is 17.1. The van der Waals surface area contributed by atoms with Crippen molar-refractivity contribution in [2.24, 2.45) is 41.5 Å². The van der Waals surface area contributed by atoms with Gasteiger partial charge in [-0.15, -0.1) is 0 Å². The summed E-state index contributed by atoms with van der Waals surface area (Å²) in [6, 6.07) is 0. The van der Waals surface area contributed by atoms with E-state index in [2.05, 4.69) is 16.5 Å². The molecule has 0 aliphatic heterocycles. The van der Waals surface area contributed by atoms with Crippen LogP contribution in [-0.4, -0.2) is 43.9 Å². The van der Waals surface area contributed by atoms with Crippen molar-refractivity contribution in [3.63, 3.8) is 0 Å². The number of fused-ring (bicyclic) bond motifs is 5. The Hall–Kier alpha value is -1.42. The average Bonchev–Trinajstić information content (AvgIpc) is 3.57. The molecule has 48 heavy (non-hydrogen) atoms. The molecule has 4 aliphatic rings. The summed E-state index contributed by atoms with van der Waals surface area (Å²) in [4.78, 5) is 16.8. The largest absolute Gasteiger partial charge is 0.456 e. The molecule has 7 atom stereocenters. The highest BCUT2D eigenvalue weighted by atomic mass is 32.2. The Balaban J connectivity index is 1.09. The number of aryl methyl sites for hydroxylation is 1. The van der Waals surface area contributed by atoms with E-state index in [1.165, 1.54) is 58.3 Å². The van der Waals surface area contributed by atoms with Gasteiger partial charge in [-0.05, 0) is 86.5 Å². The van der Waals surface area contributed by atoms with Gasteiger partial charge in [0.15, 0.2) is 10.9 Å². The van der Waals surface area contributed by atoms with Crippen LogP contribution in [0.2, 0.25) is 0 Å². The number of carbonyl (C=O) groups is 1. The lowest BCUT2D eigenvalue weighted by Crippen LogP contribution is -2.66. The molecule has 3 fully saturated rings. The van der Waals surface area contributed by atoms with Crippen molar-refractivity contribution >= 4 is 17.5 Å². The minimum absolute atomic E-state index is 0.0226. The van der Waals surface area contributed by atoms with Gasteiger partial charge in [-0.1, -0.05) is 95.4 Å². The fraction of sp³-hybridized carbons (Fsp3) is 0.842. The van der Waals surface area contributed by atoms with Crippen LogP contribution < -0.4 is 0 Å². The lowest BCUT2D eigenvalue weighted by atomic mass is 9.43. The first-order chi connectivity index (χ1) is 22.7. The van der Waals surface area contributed by atoms with E-state index in [-0.39, 0.29) is 41.8 Å². The molecular weight excluding hydrogens is 643 g/mol. The fourth-order valence-corrected chi connectivity index (χ4v) is 11.5. The van der Waals surface area contributed by atoms with Crippen LogP contribution in [0.15, 0.2) is 29.2 Å². The highest BCUT2D eigenvalue weighted by Gasteiger charge is 2.79. The Kier molecular flexibility index (Phi) is 11.9. The third kappa shape index (κ3) is 7.18. The maximum atomic E-state index is 15.1. The van der Waals surface area contributed by atoms with Crippen LogP contribution in [0.5, 0.6) is 0 Å². The summed E-state index contributed by atoms with van der Waals surface area (Å²) in [6.07, 6.45) is 16.1. The molecule has 1 heterocycles. The van der Waals surface area contributed by atoms with E-state index in [0.29, 0.717) is 25.7 Å². The van der Waals surface area contributed by atoms with E-state index in [1.807, 2.05) is 37.3 Å². The zero-order valence-corrected chi connectivity index (χ0v) is 30.0. The van der Waals surface area contributed by atoms with Crippen LogP contribution in [-0.2, 0) is 11.8 Å². The van der Waals surface area contributed by atoms with Gasteiger partial charge in [0.05, 0.1) is 0 Å². The van der Waals surface area contributed by atoms with Gasteiger partial charge in [0.2, 0.25) is 0 Å². The number of carbonyl (C=O) groups excluding carboxylic acids is 1. The number of alkyl halides is 5. The molecule has 0 spiro atoms. The van der Waals surface area contributed by atoms with Crippen LogP contribution >= 0.6 is 11.8 Å². The average molecular weight is 701 g/mol. The molecule has 0 radical (unpaired) electrons. The summed E-state index contributed by atoms with van der Waals surface area (Å²) in [5.74, 6) is -4.06. The van der Waals surface area contributed by atoms with Gasteiger partial charge in [0.1, 0.15) is 5.60 Å². The first-order valence-electron chi connectivity index (χ1n) is 18.7. The highest BCUT2D eigenvalue weighted by molar-refractivity contribution is 7.99. The Bertz CT molecular complexity index is 1280. The first-order valence-corrected chi connectivity index (χ1v) is 19.7. The van der Waals surface area contributed by atoms with Gasteiger partial charge in [0, 0.05) is 37.0 Å². The van der Waals surface area contributed by atoms with Crippen molar-refractivity contribution in [1.82, 2.24) is 9.55 Å². The topological polar surface area (TPSA) is 55.1 Å². The van der Waals surface area contributed by atoms with Crippen LogP contribution in [0.4, 0.5) is 22.0 Å². The predicted octanol–water partition coefficient (Wildman–Crippen LogP) is 10.9. The molecule has 0 saturated heterocycles. The quantitative estimate of drug-likeness (QED) is 0.106. The van der Waals surface area contributed by atoms with Crippen LogP contribution in [0.3, 0.4) is 0 Å². The Morgan fingerprint density at radius 3 is 2.10 bits per heavy atom. The van der Waals surface area contributed by atoms with Crippen molar-refractivity contribution in [3.8, 4) is 0 Å². The molecule has 0 unspecified atom stereocenters. The maximum absolute atomic E-state index is 15.1. The number of hydrogen-bond acceptors (Lipinski definition) is 4. The van der Waals surface area contributed by atoms with Gasteiger partial charge < -0.3 is 9.67 Å². The number of thioether (sulfide) groups is 1. The number of allylic oxidation sites excluding steroid dienone is 1. The third-order valence-electron chi connectivity index (χ3n) is 13.4. The molecule has 4 nitrogen and oxygen atoms in total. The SMILES string of the molecule is Cn1ccnc1SCCCCCCCCCCCCC[C@@H]1CC2=CC(=O)CC[C@]2(C)[C@H]2CC[C@@]3(C)[C@@H](CC[C@@]3(O)C(F)(F)C(F)(F)F)[C@H]12. The number of imidazole rings is 1. The van der Waals surface area contributed by atoms with E-state index >= 15 is 8.78 Å². The van der Waals surface area contributed by atoms with Crippen LogP contribution in [0, 0.1) is 34.5 Å². The summed E-state index contributed by atoms with van der Waals surface area (Å²) in [5, 5.41) is 12.4. The second kappa shape index (κ2) is 15.1. The van der Waals surface area contributed by atoms with Crippen molar-refractivity contribution in [2.75, 3.05) is 5.75 Å². The lowest BCUT2D eigenvalue weighted by Gasteiger charge is -2.62. The van der Waals surface area contributed by atoms with Gasteiger partial charge in [0.25, 0.3) is 0 Å². The molecule has 5 rings (SSSR count). The van der Waals surface area contributed by atoms with E-state index < -0.39 is 35.5 Å². The second-order valence-electron chi connectivity index (χ2n) is 16.1. The van der Waals surface area contributed by atoms with Crippen molar-refractivity contribution in [2.45, 2.75) is 159 Å². The van der Waals surface area contributed by atoms with Gasteiger partial charge in [-0.25, -0.2) is 4.98 Å². The van der Waals surface area contributed by atoms with Crippen molar-refractivity contribution in [1.29, 1.82) is 0 Å². The molecule has 0 amide bonds. The predicted molar refractivity (Wildman–Crippen MR) is 181 cm³/mol. The number of aromatic nitrogens is 2. The van der Waals surface area contributed by atoms with Gasteiger partial charge in [-0.3, -0.25) is 4.79 Å². The van der Waals surface area contributed by atoms with E-state index in [4.69, 9.17) is 0 Å². The zero-order valence-electron chi connectivity index (χ0n) is 29.2. The summed E-state index contributed by atoms with van der Waals surface area (Å²) in [5.41, 5.74) is -3.68. The number of halogens is 5. The molecule has 0 bridgehead atoms. The smallest absolute Gasteiger partial charge is 0.383 e. The normalized spacial score (nSPS) is 33.7. The monoisotopic (exact) mass is 700 g/mol. The zero-order chi connectivity index (χ0) is 34.8. The number of rotatable bonds is 16. The lowest BCUT2D eigenvalue weighted by molar-refractivity contribution is -0.364. The Morgan fingerprint density at radius 1 is 0.896 bits per heavy atom. The Morgan fingerprint density at radius 2 is 1.50 bits per heavy atom. The number of unbranched alkanes of at least 4 members (excludes halogenated alkanes) is 10. The summed E-state index contributed by atoms with van der Waals surface area (Å²) in [7, 11) is 2.02. The summed E-state index contributed by atoms with van der Waals surface area (Å²) < 4.78 is 73.3. The fourth-order valence-electron chi connectivity index (χ4n) is 10.5. The highest BCUT2D eigenvalue weighted by Crippen LogP contribution is 2.72. The van der Waals surface area contributed by atoms with Crippen molar-refractivity contribution in [3.05, 3.63) is 24.0 Å². The minimum atomic E-state index is -5.80. The summed E-state index contributed by atoms with van der Waals surface area (Å²) in [6.45, 7) is 3.70. The van der Waals surface area contributed by atoms with Crippen LogP contribution in [0.1, 0.15) is 136 Å². The Labute approximate surface area is 288 Å². The molecule has 1 aromatic heterocycles. The number of nitrogens with zero attached hydrogens (tertiary/aromatic N) is 2. The molecule has 3 saturated carbocycles. The molecule has 0 aromatic carbocycles. The van der Waals surface area contributed by atoms with Crippen LogP contribution in [0.25, 0.3) is 0 Å². The number of hydrogen-bond donors (Lipinski definition) is 1.